The summed E-state index contributed by atoms with van der Waals surface area (Å²) < 4.78 is 36.9. The molecule has 2 N–H and O–H groups in total. The standard InChI is InChI=1S/C10H9ClF3N5O/c11-8-6(17-4-7-15-1-2-16-7)3-18-19(9(8)20)5-10(12,13)14/h1-3,17H,4-5H2,(H,15,16). The number of anilines is 1. The highest BCUT2D eigenvalue weighted by Gasteiger charge is 2.29. The Bertz CT molecular complexity index is 637. The number of aromatic nitrogens is 4. The van der Waals surface area contributed by atoms with Gasteiger partial charge in [-0.3, -0.25) is 4.79 Å². The number of H-pyrrole nitrogens is 1. The molecule has 0 radical (unpaired) electrons. The first-order valence-electron chi connectivity index (χ1n) is 5.41. The van der Waals surface area contributed by atoms with Crippen LogP contribution in [0.1, 0.15) is 5.82 Å². The van der Waals surface area contributed by atoms with Gasteiger partial charge in [-0.05, 0) is 0 Å². The Hall–Kier alpha value is -2.03. The highest BCUT2D eigenvalue weighted by Crippen LogP contribution is 2.19. The summed E-state index contributed by atoms with van der Waals surface area (Å²) in [6.07, 6.45) is -0.321. The van der Waals surface area contributed by atoms with E-state index in [0.29, 0.717) is 5.82 Å². The SMILES string of the molecule is O=c1c(Cl)c(NCc2ncc[nH]2)cnn1CC(F)(F)F. The quantitative estimate of drug-likeness (QED) is 0.903. The second-order valence-electron chi connectivity index (χ2n) is 3.84. The summed E-state index contributed by atoms with van der Waals surface area (Å²) in [6, 6.07) is 0. The zero-order chi connectivity index (χ0) is 14.8. The molecule has 0 spiro atoms. The van der Waals surface area contributed by atoms with E-state index in [0.717, 1.165) is 6.20 Å². The lowest BCUT2D eigenvalue weighted by atomic mass is 10.4. The molecule has 0 aliphatic heterocycles. The van der Waals surface area contributed by atoms with Gasteiger partial charge in [-0.2, -0.15) is 18.3 Å². The van der Waals surface area contributed by atoms with E-state index in [1.165, 1.54) is 6.20 Å². The number of rotatable bonds is 4. The van der Waals surface area contributed by atoms with Crippen LogP contribution < -0.4 is 10.9 Å². The molecular formula is C10H9ClF3N5O. The van der Waals surface area contributed by atoms with Crippen molar-refractivity contribution in [3.63, 3.8) is 0 Å². The van der Waals surface area contributed by atoms with Crippen molar-refractivity contribution in [3.8, 4) is 0 Å². The van der Waals surface area contributed by atoms with Gasteiger partial charge in [-0.25, -0.2) is 9.67 Å². The van der Waals surface area contributed by atoms with Crippen LogP contribution in [0.15, 0.2) is 23.4 Å². The third-order valence-corrected chi connectivity index (χ3v) is 2.68. The largest absolute Gasteiger partial charge is 0.408 e. The van der Waals surface area contributed by atoms with Crippen LogP contribution in [0.2, 0.25) is 5.02 Å². The summed E-state index contributed by atoms with van der Waals surface area (Å²) in [6.45, 7) is -1.25. The maximum absolute atomic E-state index is 12.2. The van der Waals surface area contributed by atoms with Crippen molar-refractivity contribution in [1.29, 1.82) is 0 Å². The molecule has 0 aliphatic rings. The molecule has 6 nitrogen and oxygen atoms in total. The smallest absolute Gasteiger partial charge is 0.375 e. The summed E-state index contributed by atoms with van der Waals surface area (Å²) in [5, 5.41) is 5.84. The topological polar surface area (TPSA) is 75.6 Å². The minimum absolute atomic E-state index is 0.145. The average molecular weight is 308 g/mol. The van der Waals surface area contributed by atoms with Gasteiger partial charge in [-0.1, -0.05) is 11.6 Å². The van der Waals surface area contributed by atoms with E-state index in [1.807, 2.05) is 0 Å². The van der Waals surface area contributed by atoms with Crippen molar-refractivity contribution in [3.05, 3.63) is 39.8 Å². The number of hydrogen-bond acceptors (Lipinski definition) is 4. The minimum Gasteiger partial charge on any atom is -0.375 e. The summed E-state index contributed by atoms with van der Waals surface area (Å²) >= 11 is 5.73. The predicted molar refractivity (Wildman–Crippen MR) is 65.5 cm³/mol. The van der Waals surface area contributed by atoms with Gasteiger partial charge >= 0.3 is 6.18 Å². The molecular weight excluding hydrogens is 299 g/mol. The van der Waals surface area contributed by atoms with Gasteiger partial charge in [0.05, 0.1) is 18.4 Å². The minimum atomic E-state index is -4.54. The van der Waals surface area contributed by atoms with E-state index in [-0.39, 0.29) is 21.9 Å². The molecule has 0 aliphatic carbocycles. The van der Waals surface area contributed by atoms with Gasteiger partial charge in [-0.15, -0.1) is 0 Å². The second-order valence-corrected chi connectivity index (χ2v) is 4.22. The number of hydrogen-bond donors (Lipinski definition) is 2. The van der Waals surface area contributed by atoms with Crippen LogP contribution in [-0.2, 0) is 13.1 Å². The number of halogens is 4. The van der Waals surface area contributed by atoms with Crippen molar-refractivity contribution in [2.45, 2.75) is 19.3 Å². The van der Waals surface area contributed by atoms with Crippen LogP contribution in [0.5, 0.6) is 0 Å². The van der Waals surface area contributed by atoms with Crippen LogP contribution in [0, 0.1) is 0 Å². The fourth-order valence-electron chi connectivity index (χ4n) is 1.44. The Morgan fingerprint density at radius 2 is 2.20 bits per heavy atom. The van der Waals surface area contributed by atoms with Crippen LogP contribution >= 0.6 is 11.6 Å². The van der Waals surface area contributed by atoms with Crippen molar-refractivity contribution in [1.82, 2.24) is 19.7 Å². The van der Waals surface area contributed by atoms with Crippen molar-refractivity contribution in [2.24, 2.45) is 0 Å². The summed E-state index contributed by atoms with van der Waals surface area (Å²) in [7, 11) is 0. The number of aromatic amines is 1. The number of alkyl halides is 3. The van der Waals surface area contributed by atoms with E-state index >= 15 is 0 Å². The molecule has 0 bridgehead atoms. The highest BCUT2D eigenvalue weighted by atomic mass is 35.5. The van der Waals surface area contributed by atoms with Crippen LogP contribution in [0.4, 0.5) is 18.9 Å². The van der Waals surface area contributed by atoms with Crippen LogP contribution in [-0.4, -0.2) is 25.9 Å². The van der Waals surface area contributed by atoms with Crippen molar-refractivity contribution < 1.29 is 13.2 Å². The molecule has 0 aromatic carbocycles. The van der Waals surface area contributed by atoms with E-state index < -0.39 is 18.3 Å². The average Bonchev–Trinajstić information content (AvgIpc) is 2.86. The lowest BCUT2D eigenvalue weighted by Crippen LogP contribution is -2.30. The number of imidazole rings is 1. The molecule has 0 atom stereocenters. The lowest BCUT2D eigenvalue weighted by Gasteiger charge is -2.11. The van der Waals surface area contributed by atoms with Gasteiger partial charge in [0.2, 0.25) is 0 Å². The molecule has 0 saturated carbocycles. The normalized spacial score (nSPS) is 11.6. The molecule has 0 saturated heterocycles. The molecule has 0 amide bonds. The van der Waals surface area contributed by atoms with E-state index in [2.05, 4.69) is 20.4 Å². The van der Waals surface area contributed by atoms with Gasteiger partial charge in [0.15, 0.2) is 0 Å². The first-order valence-corrected chi connectivity index (χ1v) is 5.79. The third-order valence-electron chi connectivity index (χ3n) is 2.32. The monoisotopic (exact) mass is 307 g/mol. The summed E-state index contributed by atoms with van der Waals surface area (Å²) in [4.78, 5) is 18.4. The van der Waals surface area contributed by atoms with Crippen molar-refractivity contribution in [2.75, 3.05) is 5.32 Å². The molecule has 2 aromatic heterocycles. The van der Waals surface area contributed by atoms with E-state index in [4.69, 9.17) is 11.6 Å². The van der Waals surface area contributed by atoms with E-state index in [1.54, 1.807) is 6.20 Å². The van der Waals surface area contributed by atoms with Gasteiger partial charge in [0, 0.05) is 12.4 Å². The van der Waals surface area contributed by atoms with Crippen molar-refractivity contribution >= 4 is 17.3 Å². The Morgan fingerprint density at radius 1 is 1.45 bits per heavy atom. The fraction of sp³-hybridized carbons (Fsp3) is 0.300. The van der Waals surface area contributed by atoms with E-state index in [9.17, 15) is 18.0 Å². The van der Waals surface area contributed by atoms with Crippen LogP contribution in [0.3, 0.4) is 0 Å². The third kappa shape index (κ3) is 3.50. The van der Waals surface area contributed by atoms with Gasteiger partial charge < -0.3 is 10.3 Å². The number of nitrogens with one attached hydrogen (secondary N) is 2. The maximum Gasteiger partial charge on any atom is 0.408 e. The summed E-state index contributed by atoms with van der Waals surface area (Å²) in [5.41, 5.74) is -0.861. The molecule has 10 heteroatoms. The lowest BCUT2D eigenvalue weighted by molar-refractivity contribution is -0.143. The predicted octanol–water partition coefficient (Wildman–Crippen LogP) is 1.79. The van der Waals surface area contributed by atoms with Gasteiger partial charge in [0.1, 0.15) is 17.4 Å². The number of nitrogens with zero attached hydrogens (tertiary/aromatic N) is 3. The maximum atomic E-state index is 12.2. The molecule has 0 unspecified atom stereocenters. The Labute approximate surface area is 115 Å². The molecule has 2 heterocycles. The Kier molecular flexibility index (Phi) is 3.98. The molecule has 108 valence electrons. The zero-order valence-electron chi connectivity index (χ0n) is 9.91. The highest BCUT2D eigenvalue weighted by molar-refractivity contribution is 6.32. The van der Waals surface area contributed by atoms with Gasteiger partial charge in [0.25, 0.3) is 5.56 Å². The van der Waals surface area contributed by atoms with Crippen LogP contribution in [0.25, 0.3) is 0 Å². The summed E-state index contributed by atoms with van der Waals surface area (Å²) in [5.74, 6) is 0.584. The molecule has 0 fully saturated rings. The zero-order valence-corrected chi connectivity index (χ0v) is 10.7. The first-order chi connectivity index (χ1) is 9.37. The fourth-order valence-corrected chi connectivity index (χ4v) is 1.66. The Balaban J connectivity index is 2.16. The molecule has 2 rings (SSSR count). The molecule has 20 heavy (non-hydrogen) atoms. The second kappa shape index (κ2) is 5.53. The first kappa shape index (κ1) is 14.4. The molecule has 2 aromatic rings. The Morgan fingerprint density at radius 3 is 2.80 bits per heavy atom.